The first-order valence-corrected chi connectivity index (χ1v) is 14.7. The summed E-state index contributed by atoms with van der Waals surface area (Å²) in [5.41, 5.74) is 5.92. The van der Waals surface area contributed by atoms with Crippen molar-refractivity contribution >= 4 is 10.9 Å². The van der Waals surface area contributed by atoms with Crippen LogP contribution < -0.4 is 5.56 Å². The Balaban J connectivity index is 0.000000921. The first-order valence-electron chi connectivity index (χ1n) is 14.7. The van der Waals surface area contributed by atoms with E-state index < -0.39 is 5.41 Å². The van der Waals surface area contributed by atoms with Crippen LogP contribution in [-0.4, -0.2) is 14.1 Å². The van der Waals surface area contributed by atoms with Crippen molar-refractivity contribution in [3.8, 4) is 11.1 Å². The van der Waals surface area contributed by atoms with Crippen molar-refractivity contribution in [1.82, 2.24) is 14.1 Å². The lowest BCUT2D eigenvalue weighted by Gasteiger charge is -2.32. The molecule has 5 aromatic rings. The number of rotatable bonds is 4. The van der Waals surface area contributed by atoms with Gasteiger partial charge in [0.2, 0.25) is 0 Å². The average Bonchev–Trinajstić information content (AvgIpc) is 3.49. The molecule has 0 aliphatic heterocycles. The lowest BCUT2D eigenvalue weighted by molar-refractivity contribution is 0.626. The van der Waals surface area contributed by atoms with Gasteiger partial charge in [-0.15, -0.1) is 0 Å². The van der Waals surface area contributed by atoms with Gasteiger partial charge in [-0.05, 0) is 41.3 Å². The van der Waals surface area contributed by atoms with E-state index in [9.17, 15) is 4.79 Å². The third-order valence-corrected chi connectivity index (χ3v) is 6.59. The highest BCUT2D eigenvalue weighted by Gasteiger charge is 2.34. The van der Waals surface area contributed by atoms with Gasteiger partial charge in [-0.1, -0.05) is 122 Å². The monoisotopic (exact) mass is 539 g/mol. The van der Waals surface area contributed by atoms with Crippen LogP contribution in [0.3, 0.4) is 0 Å². The molecule has 2 heterocycles. The number of benzene rings is 3. The standard InChI is InChI=1S/C28H25N3O.4C2H6/c1-28(21-12-8-5-9-13-21,26-18-29-19-30(26)2)22-14-15-25-24(16-22)23(17-27(32)31(25)3)20-10-6-4-7-11-20;4*1-2/h4-19H,1-3H3;4*1-2H3. The SMILES string of the molecule is CC.CC.CC.CC.Cn1cncc1C(C)(c1ccccc1)c1ccc2c(c1)c(-c1ccccc1)cc(=O)n2C. The van der Waals surface area contributed by atoms with E-state index >= 15 is 0 Å². The maximum atomic E-state index is 12.7. The van der Waals surface area contributed by atoms with Crippen LogP contribution in [0.2, 0.25) is 0 Å². The molecule has 0 aliphatic rings. The summed E-state index contributed by atoms with van der Waals surface area (Å²) in [4.78, 5) is 17.1. The summed E-state index contributed by atoms with van der Waals surface area (Å²) in [7, 11) is 3.86. The second-order valence-corrected chi connectivity index (χ2v) is 8.43. The van der Waals surface area contributed by atoms with Crippen molar-refractivity contribution in [2.24, 2.45) is 14.1 Å². The van der Waals surface area contributed by atoms with Gasteiger partial charge in [0.1, 0.15) is 0 Å². The van der Waals surface area contributed by atoms with Gasteiger partial charge >= 0.3 is 0 Å². The molecule has 0 saturated carbocycles. The summed E-state index contributed by atoms with van der Waals surface area (Å²) in [5, 5.41) is 1.06. The van der Waals surface area contributed by atoms with Crippen LogP contribution >= 0.6 is 0 Å². The number of hydrogen-bond acceptors (Lipinski definition) is 2. The van der Waals surface area contributed by atoms with Crippen LogP contribution in [-0.2, 0) is 19.5 Å². The van der Waals surface area contributed by atoms with Crippen molar-refractivity contribution in [2.75, 3.05) is 0 Å². The molecule has 5 rings (SSSR count). The van der Waals surface area contributed by atoms with Crippen LogP contribution in [0.5, 0.6) is 0 Å². The van der Waals surface area contributed by atoms with Crippen LogP contribution in [0.15, 0.2) is 102 Å². The number of nitrogens with zero attached hydrogens (tertiary/aromatic N) is 3. The molecule has 0 saturated heterocycles. The average molecular weight is 540 g/mol. The van der Waals surface area contributed by atoms with Crippen molar-refractivity contribution in [2.45, 2.75) is 67.7 Å². The zero-order valence-electron chi connectivity index (χ0n) is 26.5. The Labute approximate surface area is 242 Å². The first-order chi connectivity index (χ1) is 19.5. The van der Waals surface area contributed by atoms with Crippen molar-refractivity contribution in [3.05, 3.63) is 125 Å². The molecule has 0 bridgehead atoms. The van der Waals surface area contributed by atoms with E-state index in [0.717, 1.165) is 33.3 Å². The highest BCUT2D eigenvalue weighted by atomic mass is 16.1. The van der Waals surface area contributed by atoms with Crippen molar-refractivity contribution in [1.29, 1.82) is 0 Å². The highest BCUT2D eigenvalue weighted by Crippen LogP contribution is 2.40. The number of pyridine rings is 1. The molecule has 2 aromatic heterocycles. The summed E-state index contributed by atoms with van der Waals surface area (Å²) < 4.78 is 3.80. The molecular weight excluding hydrogens is 490 g/mol. The highest BCUT2D eigenvalue weighted by molar-refractivity contribution is 5.95. The lowest BCUT2D eigenvalue weighted by atomic mass is 9.73. The largest absolute Gasteiger partial charge is 0.337 e. The van der Waals surface area contributed by atoms with Gasteiger partial charge < -0.3 is 9.13 Å². The van der Waals surface area contributed by atoms with Gasteiger partial charge in [0.15, 0.2) is 0 Å². The predicted octanol–water partition coefficient (Wildman–Crippen LogP) is 9.40. The summed E-state index contributed by atoms with van der Waals surface area (Å²) >= 11 is 0. The molecule has 0 spiro atoms. The van der Waals surface area contributed by atoms with E-state index in [-0.39, 0.29) is 5.56 Å². The molecule has 1 atom stereocenters. The van der Waals surface area contributed by atoms with Crippen molar-refractivity contribution in [3.63, 3.8) is 0 Å². The number of aryl methyl sites for hydroxylation is 2. The Morgan fingerprint density at radius 1 is 0.675 bits per heavy atom. The van der Waals surface area contributed by atoms with Gasteiger partial charge in [-0.2, -0.15) is 0 Å². The minimum Gasteiger partial charge on any atom is -0.337 e. The zero-order chi connectivity index (χ0) is 30.3. The second kappa shape index (κ2) is 16.9. The van der Waals surface area contributed by atoms with E-state index in [1.54, 1.807) is 10.6 Å². The Bertz CT molecular complexity index is 1470. The third kappa shape index (κ3) is 6.98. The van der Waals surface area contributed by atoms with E-state index in [1.165, 1.54) is 5.56 Å². The molecule has 0 N–H and O–H groups in total. The Kier molecular flexibility index (Phi) is 14.4. The maximum Gasteiger partial charge on any atom is 0.251 e. The Hall–Kier alpha value is -3.92. The minimum absolute atomic E-state index is 0.0124. The third-order valence-electron chi connectivity index (χ3n) is 6.59. The van der Waals surface area contributed by atoms with E-state index in [1.807, 2.05) is 106 Å². The van der Waals surface area contributed by atoms with Gasteiger partial charge in [0, 0.05) is 31.7 Å². The first kappa shape index (κ1) is 34.1. The molecule has 0 aliphatic carbocycles. The number of fused-ring (bicyclic) bond motifs is 1. The van der Waals surface area contributed by atoms with Crippen molar-refractivity contribution < 1.29 is 0 Å². The fraction of sp³-hybridized carbons (Fsp3) is 0.333. The maximum absolute atomic E-state index is 12.7. The normalized spacial score (nSPS) is 11.2. The number of aromatic nitrogens is 3. The van der Waals surface area contributed by atoms with Gasteiger partial charge in [0.25, 0.3) is 5.56 Å². The molecule has 1 unspecified atom stereocenters. The predicted molar refractivity (Wildman–Crippen MR) is 175 cm³/mol. The van der Waals surface area contributed by atoms with Gasteiger partial charge in [0.05, 0.1) is 23.0 Å². The van der Waals surface area contributed by atoms with Crippen LogP contribution in [0, 0.1) is 0 Å². The van der Waals surface area contributed by atoms with Crippen LogP contribution in [0.4, 0.5) is 0 Å². The molecule has 0 fully saturated rings. The van der Waals surface area contributed by atoms with Crippen LogP contribution in [0.25, 0.3) is 22.0 Å². The number of imidazole rings is 1. The topological polar surface area (TPSA) is 39.8 Å². The fourth-order valence-corrected chi connectivity index (χ4v) is 4.70. The van der Waals surface area contributed by atoms with Gasteiger partial charge in [-0.25, -0.2) is 4.98 Å². The lowest BCUT2D eigenvalue weighted by Crippen LogP contribution is -2.28. The zero-order valence-corrected chi connectivity index (χ0v) is 26.5. The molecule has 214 valence electrons. The molecule has 40 heavy (non-hydrogen) atoms. The van der Waals surface area contributed by atoms with Gasteiger partial charge in [-0.3, -0.25) is 4.79 Å². The molecular formula is C36H49N3O. The minimum atomic E-state index is -0.413. The Morgan fingerprint density at radius 3 is 1.75 bits per heavy atom. The van der Waals surface area contributed by atoms with E-state index in [0.29, 0.717) is 0 Å². The number of hydrogen-bond donors (Lipinski definition) is 0. The summed E-state index contributed by atoms with van der Waals surface area (Å²) in [5.74, 6) is 0. The summed E-state index contributed by atoms with van der Waals surface area (Å²) in [6, 6.07) is 28.8. The fourth-order valence-electron chi connectivity index (χ4n) is 4.70. The molecule has 0 radical (unpaired) electrons. The quantitative estimate of drug-likeness (QED) is 0.228. The van der Waals surface area contributed by atoms with E-state index in [4.69, 9.17) is 0 Å². The summed E-state index contributed by atoms with van der Waals surface area (Å²) in [6.07, 6.45) is 3.78. The van der Waals surface area contributed by atoms with E-state index in [2.05, 4.69) is 71.1 Å². The molecule has 0 amide bonds. The Morgan fingerprint density at radius 2 is 1.23 bits per heavy atom. The molecule has 4 heteroatoms. The molecule has 4 nitrogen and oxygen atoms in total. The second-order valence-electron chi connectivity index (χ2n) is 8.43. The van der Waals surface area contributed by atoms with Crippen LogP contribution in [0.1, 0.15) is 79.1 Å². The summed E-state index contributed by atoms with van der Waals surface area (Å²) in [6.45, 7) is 18.2. The molecule has 3 aromatic carbocycles. The smallest absolute Gasteiger partial charge is 0.251 e.